The normalized spacial score (nSPS) is 15.0. The first kappa shape index (κ1) is 4.90. The van der Waals surface area contributed by atoms with E-state index in [2.05, 4.69) is 0 Å². The van der Waals surface area contributed by atoms with E-state index in [4.69, 9.17) is 14.2 Å². The molecule has 0 saturated carbocycles. The molecule has 0 heterocycles. The van der Waals surface area contributed by atoms with Crippen molar-refractivity contribution in [2.45, 2.75) is 6.85 Å². The van der Waals surface area contributed by atoms with Crippen molar-refractivity contribution in [2.24, 2.45) is 0 Å². The Morgan fingerprint density at radius 2 is 2.18 bits per heavy atom. The number of rotatable bonds is 1. The summed E-state index contributed by atoms with van der Waals surface area (Å²) < 4.78 is 33.9. The second kappa shape index (κ2) is 3.03. The van der Waals surface area contributed by atoms with Gasteiger partial charge < -0.3 is 10.0 Å². The van der Waals surface area contributed by atoms with E-state index in [1.54, 1.807) is 0 Å². The zero-order valence-electron chi connectivity index (χ0n) is 8.58. The van der Waals surface area contributed by atoms with Gasteiger partial charge in [-0.2, -0.15) is 0 Å². The smallest absolute Gasteiger partial charge is 0.423 e. The molecule has 0 radical (unpaired) electrons. The Morgan fingerprint density at radius 3 is 2.73 bits per heavy atom. The topological polar surface area (TPSA) is 40.5 Å². The van der Waals surface area contributed by atoms with Crippen LogP contribution in [0.1, 0.15) is 9.68 Å². The maximum atomic E-state index is 12.8. The lowest BCUT2D eigenvalue weighted by atomic mass is 9.80. The monoisotopic (exact) mass is 157 g/mol. The van der Waals surface area contributed by atoms with Crippen LogP contribution in [0.3, 0.4) is 0 Å². The molecule has 0 unspecified atom stereocenters. The number of aryl methyl sites for hydroxylation is 1. The average Bonchev–Trinajstić information content (AvgIpc) is 2.01. The minimum absolute atomic E-state index is 0.170. The van der Waals surface area contributed by atoms with Gasteiger partial charge in [-0.3, -0.25) is 0 Å². The van der Waals surface area contributed by atoms with Crippen molar-refractivity contribution in [2.75, 3.05) is 0 Å². The maximum Gasteiger partial charge on any atom is 0.488 e. The molecular weight excluding hydrogens is 146 g/mol. The van der Waals surface area contributed by atoms with Gasteiger partial charge in [-0.1, -0.05) is 6.07 Å². The van der Waals surface area contributed by atoms with Gasteiger partial charge in [0.05, 0.1) is 0 Å². The van der Waals surface area contributed by atoms with Gasteiger partial charge in [-0.15, -0.1) is 0 Å². The van der Waals surface area contributed by atoms with E-state index in [0.717, 1.165) is 18.2 Å². The molecule has 0 spiro atoms. The van der Waals surface area contributed by atoms with Gasteiger partial charge in [0.25, 0.3) is 0 Å². The van der Waals surface area contributed by atoms with Crippen molar-refractivity contribution in [3.05, 3.63) is 29.6 Å². The van der Waals surface area contributed by atoms with Gasteiger partial charge in [-0.25, -0.2) is 4.39 Å². The number of halogens is 1. The van der Waals surface area contributed by atoms with Crippen molar-refractivity contribution in [1.29, 1.82) is 0 Å². The molecule has 0 aliphatic carbocycles. The molecule has 0 aliphatic rings. The van der Waals surface area contributed by atoms with E-state index in [-0.39, 0.29) is 11.0 Å². The van der Waals surface area contributed by atoms with Crippen LogP contribution in [0.25, 0.3) is 0 Å². The fraction of sp³-hybridized carbons (Fsp3) is 0.143. The Morgan fingerprint density at radius 1 is 1.45 bits per heavy atom. The summed E-state index contributed by atoms with van der Waals surface area (Å²) in [6.07, 6.45) is 0. The van der Waals surface area contributed by atoms with Gasteiger partial charge in [0.2, 0.25) is 0 Å². The SMILES string of the molecule is [2H]C([2H])([2H])c1cc(F)cc(B(O)O)c1. The largest absolute Gasteiger partial charge is 0.488 e. The first-order valence-electron chi connectivity index (χ1n) is 4.48. The van der Waals surface area contributed by atoms with E-state index in [9.17, 15) is 4.39 Å². The summed E-state index contributed by atoms with van der Waals surface area (Å²) >= 11 is 0. The first-order valence-corrected chi connectivity index (χ1v) is 2.98. The second-order valence-electron chi connectivity index (χ2n) is 2.15. The minimum Gasteiger partial charge on any atom is -0.423 e. The fourth-order valence-electron chi connectivity index (χ4n) is 0.761. The maximum absolute atomic E-state index is 12.8. The molecule has 2 nitrogen and oxygen atoms in total. The molecule has 0 aliphatic heterocycles. The number of hydrogen-bond donors (Lipinski definition) is 2. The van der Waals surface area contributed by atoms with Crippen molar-refractivity contribution in [1.82, 2.24) is 0 Å². The van der Waals surface area contributed by atoms with Crippen LogP contribution in [0.5, 0.6) is 0 Å². The second-order valence-corrected chi connectivity index (χ2v) is 2.15. The molecule has 0 saturated heterocycles. The average molecular weight is 157 g/mol. The lowest BCUT2D eigenvalue weighted by molar-refractivity contribution is 0.425. The van der Waals surface area contributed by atoms with Crippen molar-refractivity contribution < 1.29 is 18.6 Å². The van der Waals surface area contributed by atoms with Crippen LogP contribution in [0.4, 0.5) is 4.39 Å². The summed E-state index contributed by atoms with van der Waals surface area (Å²) in [6, 6.07) is 2.76. The molecule has 0 fully saturated rings. The molecule has 2 N–H and O–H groups in total. The van der Waals surface area contributed by atoms with E-state index in [1.807, 2.05) is 0 Å². The summed E-state index contributed by atoms with van der Waals surface area (Å²) in [7, 11) is -1.87. The Labute approximate surface area is 68.7 Å². The van der Waals surface area contributed by atoms with Crippen LogP contribution in [-0.2, 0) is 0 Å². The lowest BCUT2D eigenvalue weighted by Gasteiger charge is -2.00. The standard InChI is InChI=1S/C7H8BFO2/c1-5-2-6(8(10)11)4-7(9)3-5/h2-4,10-11H,1H3/i1D3. The van der Waals surface area contributed by atoms with Crippen molar-refractivity contribution in [3.8, 4) is 0 Å². The van der Waals surface area contributed by atoms with Gasteiger partial charge in [0.1, 0.15) is 5.82 Å². The molecule has 1 aromatic carbocycles. The van der Waals surface area contributed by atoms with Crippen molar-refractivity contribution in [3.63, 3.8) is 0 Å². The third-order valence-electron chi connectivity index (χ3n) is 1.22. The zero-order valence-corrected chi connectivity index (χ0v) is 5.58. The molecule has 1 aromatic rings. The van der Waals surface area contributed by atoms with Crippen molar-refractivity contribution >= 4 is 12.6 Å². The zero-order chi connectivity index (χ0) is 10.9. The highest BCUT2D eigenvalue weighted by atomic mass is 19.1. The third kappa shape index (κ3) is 2.03. The summed E-state index contributed by atoms with van der Waals surface area (Å²) in [4.78, 5) is 0. The molecule has 4 heteroatoms. The quantitative estimate of drug-likeness (QED) is 0.554. The minimum atomic E-state index is -2.45. The van der Waals surface area contributed by atoms with Gasteiger partial charge in [-0.05, 0) is 30.0 Å². The van der Waals surface area contributed by atoms with Gasteiger partial charge in [0, 0.05) is 4.11 Å². The summed E-state index contributed by atoms with van der Waals surface area (Å²) in [5, 5.41) is 17.5. The van der Waals surface area contributed by atoms with E-state index >= 15 is 0 Å². The molecule has 0 amide bonds. The van der Waals surface area contributed by atoms with Crippen LogP contribution >= 0.6 is 0 Å². The predicted octanol–water partition coefficient (Wildman–Crippen LogP) is -0.186. The number of benzene rings is 1. The van der Waals surface area contributed by atoms with E-state index < -0.39 is 19.8 Å². The molecule has 0 bridgehead atoms. The summed E-state index contributed by atoms with van der Waals surface area (Å²) in [5.74, 6) is -0.804. The van der Waals surface area contributed by atoms with Crippen LogP contribution in [-0.4, -0.2) is 17.2 Å². The molecule has 0 atom stereocenters. The molecule has 0 aromatic heterocycles. The van der Waals surface area contributed by atoms with Gasteiger partial charge >= 0.3 is 7.12 Å². The Hall–Kier alpha value is -0.865. The lowest BCUT2D eigenvalue weighted by Crippen LogP contribution is -2.30. The molecule has 1 rings (SSSR count). The first-order chi connectivity index (χ1) is 6.30. The van der Waals surface area contributed by atoms with Crippen LogP contribution in [0.2, 0.25) is 0 Å². The fourth-order valence-corrected chi connectivity index (χ4v) is 0.761. The summed E-state index contributed by atoms with van der Waals surface area (Å²) in [6.45, 7) is -2.45. The predicted molar refractivity (Wildman–Crippen MR) is 41.0 cm³/mol. The highest BCUT2D eigenvalue weighted by Crippen LogP contribution is 1.99. The van der Waals surface area contributed by atoms with Gasteiger partial charge in [0.15, 0.2) is 0 Å². The highest BCUT2D eigenvalue weighted by molar-refractivity contribution is 6.58. The van der Waals surface area contributed by atoms with Crippen LogP contribution in [0.15, 0.2) is 18.2 Å². The Kier molecular flexibility index (Phi) is 1.35. The Balaban J connectivity index is 3.21. The molecule has 11 heavy (non-hydrogen) atoms. The van der Waals surface area contributed by atoms with Crippen LogP contribution < -0.4 is 5.46 Å². The number of hydrogen-bond acceptors (Lipinski definition) is 2. The third-order valence-corrected chi connectivity index (χ3v) is 1.22. The molecular formula is C7H8BFO2. The van der Waals surface area contributed by atoms with E-state index in [1.165, 1.54) is 0 Å². The highest BCUT2D eigenvalue weighted by Gasteiger charge is 2.11. The molecule has 58 valence electrons. The summed E-state index contributed by atoms with van der Waals surface area (Å²) in [5.41, 5.74) is -0.420. The van der Waals surface area contributed by atoms with E-state index in [0.29, 0.717) is 0 Å². The Bertz CT molecular complexity index is 340. The van der Waals surface area contributed by atoms with Crippen LogP contribution in [0, 0.1) is 12.7 Å².